The number of esters is 1. The summed E-state index contributed by atoms with van der Waals surface area (Å²) in [5.41, 5.74) is 2.36. The first kappa shape index (κ1) is 24.5. The van der Waals surface area contributed by atoms with Gasteiger partial charge in [0.1, 0.15) is 5.69 Å². The molecule has 178 valence electrons. The third kappa shape index (κ3) is 4.81. The number of halogens is 2. The molecule has 35 heavy (non-hydrogen) atoms. The summed E-state index contributed by atoms with van der Waals surface area (Å²) in [5, 5.41) is 4.17. The number of ether oxygens (including phenoxy) is 1. The molecule has 1 aromatic heterocycles. The Balaban J connectivity index is 1.74. The van der Waals surface area contributed by atoms with E-state index in [9.17, 15) is 14.4 Å². The highest BCUT2D eigenvalue weighted by Gasteiger charge is 2.26. The number of aryl methyl sites for hydroxylation is 1. The van der Waals surface area contributed by atoms with Gasteiger partial charge >= 0.3 is 5.97 Å². The van der Waals surface area contributed by atoms with Crippen molar-refractivity contribution in [3.63, 3.8) is 0 Å². The normalized spacial score (nSPS) is 11.8. The number of hydrogen-bond acceptors (Lipinski definition) is 4. The van der Waals surface area contributed by atoms with Gasteiger partial charge in [-0.05, 0) is 43.0 Å². The maximum Gasteiger partial charge on any atom is 0.356 e. The molecule has 0 aliphatic rings. The van der Waals surface area contributed by atoms with Crippen LogP contribution in [0.1, 0.15) is 23.0 Å². The third-order valence-corrected chi connectivity index (χ3v) is 6.52. The molecule has 3 aromatic carbocycles. The summed E-state index contributed by atoms with van der Waals surface area (Å²) in [4.78, 5) is 39.2. The molecular weight excluding hydrogens is 487 g/mol. The molecule has 4 aromatic rings. The van der Waals surface area contributed by atoms with Crippen LogP contribution in [0.25, 0.3) is 21.9 Å². The Morgan fingerprint density at radius 1 is 0.943 bits per heavy atom. The van der Waals surface area contributed by atoms with Crippen LogP contribution < -0.4 is 10.9 Å². The predicted molar refractivity (Wildman–Crippen MR) is 139 cm³/mol. The molecule has 0 aliphatic carbocycles. The van der Waals surface area contributed by atoms with Gasteiger partial charge in [0.2, 0.25) is 0 Å². The average molecular weight is 509 g/mol. The third-order valence-electron chi connectivity index (χ3n) is 5.70. The zero-order valence-electron chi connectivity index (χ0n) is 19.3. The topological polar surface area (TPSA) is 77.4 Å². The van der Waals surface area contributed by atoms with Gasteiger partial charge in [-0.2, -0.15) is 0 Å². The van der Waals surface area contributed by atoms with E-state index >= 15 is 0 Å². The molecular formula is C27H22Cl2N2O4. The zero-order chi connectivity index (χ0) is 25.3. The molecule has 1 amide bonds. The Bertz CT molecular complexity index is 1510. The van der Waals surface area contributed by atoms with Gasteiger partial charge in [-0.3, -0.25) is 9.59 Å². The highest BCUT2D eigenvalue weighted by molar-refractivity contribution is 6.44. The second-order valence-electron chi connectivity index (χ2n) is 8.14. The van der Waals surface area contributed by atoms with E-state index in [0.717, 1.165) is 11.1 Å². The van der Waals surface area contributed by atoms with E-state index in [-0.39, 0.29) is 21.3 Å². The number of hydrogen-bond donors (Lipinski definition) is 1. The lowest BCUT2D eigenvalue weighted by Crippen LogP contribution is -2.33. The van der Waals surface area contributed by atoms with E-state index in [0.29, 0.717) is 22.0 Å². The summed E-state index contributed by atoms with van der Waals surface area (Å²) in [6.07, 6.45) is -1.18. The Hall–Kier alpha value is -3.61. The summed E-state index contributed by atoms with van der Waals surface area (Å²) in [5.74, 6) is -1.39. The highest BCUT2D eigenvalue weighted by Crippen LogP contribution is 2.32. The van der Waals surface area contributed by atoms with Crippen molar-refractivity contribution in [3.8, 4) is 11.1 Å². The van der Waals surface area contributed by atoms with Gasteiger partial charge in [-0.25, -0.2) is 4.79 Å². The monoisotopic (exact) mass is 508 g/mol. The van der Waals surface area contributed by atoms with Crippen LogP contribution in [0.3, 0.4) is 0 Å². The Labute approximate surface area is 212 Å². The average Bonchev–Trinajstić information content (AvgIpc) is 2.84. The van der Waals surface area contributed by atoms with Crippen molar-refractivity contribution in [1.82, 2.24) is 4.57 Å². The van der Waals surface area contributed by atoms with Crippen LogP contribution in [0.5, 0.6) is 0 Å². The Morgan fingerprint density at radius 2 is 1.60 bits per heavy atom. The van der Waals surface area contributed by atoms with E-state index in [4.69, 9.17) is 27.9 Å². The summed E-state index contributed by atoms with van der Waals surface area (Å²) in [7, 11) is 1.51. The van der Waals surface area contributed by atoms with Gasteiger partial charge in [-0.15, -0.1) is 0 Å². The van der Waals surface area contributed by atoms with Gasteiger partial charge in [-0.1, -0.05) is 77.3 Å². The molecule has 1 atom stereocenters. The number of amides is 1. The minimum atomic E-state index is -1.18. The lowest BCUT2D eigenvalue weighted by molar-refractivity contribution is -0.123. The van der Waals surface area contributed by atoms with Gasteiger partial charge in [0.05, 0.1) is 15.7 Å². The molecule has 1 heterocycles. The maximum absolute atomic E-state index is 13.4. The largest absolute Gasteiger partial charge is 0.448 e. The first-order valence-electron chi connectivity index (χ1n) is 10.8. The van der Waals surface area contributed by atoms with Crippen LogP contribution in [0.2, 0.25) is 10.0 Å². The number of benzene rings is 3. The summed E-state index contributed by atoms with van der Waals surface area (Å²) < 4.78 is 6.79. The van der Waals surface area contributed by atoms with Crippen molar-refractivity contribution >= 4 is 51.5 Å². The van der Waals surface area contributed by atoms with Crippen molar-refractivity contribution in [2.24, 2.45) is 7.05 Å². The molecule has 0 radical (unpaired) electrons. The van der Waals surface area contributed by atoms with Crippen molar-refractivity contribution in [2.75, 3.05) is 5.32 Å². The quantitative estimate of drug-likeness (QED) is 0.335. The molecule has 0 saturated heterocycles. The lowest BCUT2D eigenvalue weighted by Gasteiger charge is -2.19. The first-order chi connectivity index (χ1) is 16.7. The standard InChI is InChI=1S/C27H22Cl2N2O4/c1-15-11-13-17(14-12-15)22-18-7-4-5-8-19(18)26(33)31(3)24(22)27(34)35-16(2)25(32)30-21-10-6-9-20(28)23(21)29/h4-14,16H,1-3H3,(H,30,32). The first-order valence-corrected chi connectivity index (χ1v) is 11.6. The van der Waals surface area contributed by atoms with E-state index in [1.54, 1.807) is 42.5 Å². The van der Waals surface area contributed by atoms with Gasteiger partial charge in [0.15, 0.2) is 6.10 Å². The van der Waals surface area contributed by atoms with Crippen LogP contribution in [0.4, 0.5) is 5.69 Å². The fourth-order valence-corrected chi connectivity index (χ4v) is 4.17. The Kier molecular flexibility index (Phi) is 6.96. The molecule has 0 aliphatic heterocycles. The van der Waals surface area contributed by atoms with Gasteiger partial charge < -0.3 is 14.6 Å². The van der Waals surface area contributed by atoms with Crippen LogP contribution in [0.15, 0.2) is 71.5 Å². The van der Waals surface area contributed by atoms with Crippen molar-refractivity contribution in [1.29, 1.82) is 0 Å². The SMILES string of the molecule is Cc1ccc(-c2c(C(=O)OC(C)C(=O)Nc3cccc(Cl)c3Cl)n(C)c(=O)c3ccccc23)cc1. The summed E-state index contributed by atoms with van der Waals surface area (Å²) >= 11 is 12.2. The molecule has 0 spiro atoms. The summed E-state index contributed by atoms with van der Waals surface area (Å²) in [6.45, 7) is 3.40. The predicted octanol–water partition coefficient (Wildman–Crippen LogP) is 6.00. The highest BCUT2D eigenvalue weighted by atomic mass is 35.5. The van der Waals surface area contributed by atoms with E-state index < -0.39 is 18.0 Å². The Morgan fingerprint density at radius 3 is 2.29 bits per heavy atom. The molecule has 8 heteroatoms. The van der Waals surface area contributed by atoms with E-state index in [2.05, 4.69) is 5.32 Å². The number of fused-ring (bicyclic) bond motifs is 1. The minimum absolute atomic E-state index is 0.0537. The molecule has 1 unspecified atom stereocenters. The van der Waals surface area contributed by atoms with Crippen LogP contribution in [0, 0.1) is 6.92 Å². The molecule has 1 N–H and O–H groups in total. The van der Waals surface area contributed by atoms with E-state index in [1.165, 1.54) is 18.5 Å². The van der Waals surface area contributed by atoms with E-state index in [1.807, 2.05) is 31.2 Å². The second kappa shape index (κ2) is 9.94. The van der Waals surface area contributed by atoms with Crippen molar-refractivity contribution < 1.29 is 14.3 Å². The molecule has 4 rings (SSSR count). The maximum atomic E-state index is 13.4. The number of pyridine rings is 1. The van der Waals surface area contributed by atoms with Gasteiger partial charge in [0.25, 0.3) is 11.5 Å². The minimum Gasteiger partial charge on any atom is -0.448 e. The zero-order valence-corrected chi connectivity index (χ0v) is 20.8. The second-order valence-corrected chi connectivity index (χ2v) is 8.92. The number of anilines is 1. The molecule has 0 saturated carbocycles. The van der Waals surface area contributed by atoms with Gasteiger partial charge in [0, 0.05) is 18.0 Å². The van der Waals surface area contributed by atoms with Crippen LogP contribution in [-0.2, 0) is 16.6 Å². The lowest BCUT2D eigenvalue weighted by atomic mass is 9.96. The number of carbonyl (C=O) groups is 2. The number of aromatic nitrogens is 1. The fraction of sp³-hybridized carbons (Fsp3) is 0.148. The van der Waals surface area contributed by atoms with Crippen LogP contribution >= 0.6 is 23.2 Å². The molecule has 0 fully saturated rings. The fourth-order valence-electron chi connectivity index (χ4n) is 3.82. The number of nitrogens with zero attached hydrogens (tertiary/aromatic N) is 1. The number of rotatable bonds is 5. The molecule has 0 bridgehead atoms. The number of nitrogens with one attached hydrogen (secondary N) is 1. The summed E-state index contributed by atoms with van der Waals surface area (Å²) in [6, 6.07) is 19.5. The van der Waals surface area contributed by atoms with Crippen molar-refractivity contribution in [2.45, 2.75) is 20.0 Å². The van der Waals surface area contributed by atoms with Crippen molar-refractivity contribution in [3.05, 3.63) is 98.4 Å². The van der Waals surface area contributed by atoms with Crippen LogP contribution in [-0.4, -0.2) is 22.5 Å². The smallest absolute Gasteiger partial charge is 0.356 e. The number of carbonyl (C=O) groups excluding carboxylic acids is 2. The molecule has 6 nitrogen and oxygen atoms in total.